The molecule has 0 radical (unpaired) electrons. The standard InChI is InChI=1S/C24H25NO5S/c1-29-21-12-6-11-20(16-21)22-13-7-10-19(14-15-30-31(2,27)28)23(22)24(26)25-17-18-8-4-3-5-9-18/h3-13,16H,14-15,17H2,1-2H3,(H,25,26). The SMILES string of the molecule is COc1cccc(-c2cccc(CCOS(C)(=O)=O)c2C(=O)NCc2ccccc2)c1. The highest BCUT2D eigenvalue weighted by molar-refractivity contribution is 7.85. The van der Waals surface area contributed by atoms with Crippen molar-refractivity contribution in [3.8, 4) is 16.9 Å². The summed E-state index contributed by atoms with van der Waals surface area (Å²) < 4.78 is 32.9. The molecule has 0 aromatic heterocycles. The van der Waals surface area contributed by atoms with Gasteiger partial charge in [-0.15, -0.1) is 0 Å². The number of rotatable bonds is 9. The zero-order valence-corrected chi connectivity index (χ0v) is 18.3. The Kier molecular flexibility index (Phi) is 7.44. The van der Waals surface area contributed by atoms with Crippen molar-refractivity contribution in [1.29, 1.82) is 0 Å². The fraction of sp³-hybridized carbons (Fsp3) is 0.208. The highest BCUT2D eigenvalue weighted by Crippen LogP contribution is 2.29. The Bertz CT molecular complexity index is 1140. The van der Waals surface area contributed by atoms with Crippen molar-refractivity contribution in [2.45, 2.75) is 13.0 Å². The molecular weight excluding hydrogens is 414 g/mol. The van der Waals surface area contributed by atoms with Crippen LogP contribution in [0.15, 0.2) is 72.8 Å². The molecule has 162 valence electrons. The molecule has 0 saturated carbocycles. The minimum Gasteiger partial charge on any atom is -0.497 e. The van der Waals surface area contributed by atoms with E-state index in [1.54, 1.807) is 7.11 Å². The number of benzene rings is 3. The molecule has 0 fully saturated rings. The molecule has 6 nitrogen and oxygen atoms in total. The predicted octanol–water partition coefficient (Wildman–Crippen LogP) is 3.81. The second-order valence-electron chi connectivity index (χ2n) is 7.02. The van der Waals surface area contributed by atoms with E-state index < -0.39 is 10.1 Å². The number of carbonyl (C=O) groups excluding carboxylic acids is 1. The van der Waals surface area contributed by atoms with Crippen LogP contribution in [0, 0.1) is 0 Å². The largest absolute Gasteiger partial charge is 0.497 e. The lowest BCUT2D eigenvalue weighted by Crippen LogP contribution is -2.25. The molecule has 3 rings (SSSR count). The maximum absolute atomic E-state index is 13.2. The van der Waals surface area contributed by atoms with Gasteiger partial charge in [0.15, 0.2) is 0 Å². The summed E-state index contributed by atoms with van der Waals surface area (Å²) in [5.41, 5.74) is 3.74. The lowest BCUT2D eigenvalue weighted by molar-refractivity contribution is 0.0950. The van der Waals surface area contributed by atoms with Crippen molar-refractivity contribution >= 4 is 16.0 Å². The average molecular weight is 440 g/mol. The first-order chi connectivity index (χ1) is 14.9. The second kappa shape index (κ2) is 10.2. The van der Waals surface area contributed by atoms with Gasteiger partial charge in [0, 0.05) is 6.54 Å². The highest BCUT2D eigenvalue weighted by atomic mass is 32.2. The number of hydrogen-bond acceptors (Lipinski definition) is 5. The van der Waals surface area contributed by atoms with Crippen LogP contribution < -0.4 is 10.1 Å². The van der Waals surface area contributed by atoms with Crippen molar-refractivity contribution in [2.75, 3.05) is 20.0 Å². The van der Waals surface area contributed by atoms with E-state index in [0.29, 0.717) is 23.4 Å². The van der Waals surface area contributed by atoms with Crippen LogP contribution in [0.4, 0.5) is 0 Å². The molecule has 0 spiro atoms. The molecule has 1 amide bonds. The van der Waals surface area contributed by atoms with Gasteiger partial charge in [-0.2, -0.15) is 8.42 Å². The number of methoxy groups -OCH3 is 1. The van der Waals surface area contributed by atoms with Crippen LogP contribution in [0.2, 0.25) is 0 Å². The second-order valence-corrected chi connectivity index (χ2v) is 8.66. The molecule has 3 aromatic carbocycles. The molecule has 0 aliphatic rings. The van der Waals surface area contributed by atoms with Gasteiger partial charge in [-0.05, 0) is 40.8 Å². The quantitative estimate of drug-likeness (QED) is 0.513. The first kappa shape index (κ1) is 22.5. The van der Waals surface area contributed by atoms with Crippen molar-refractivity contribution < 1.29 is 22.1 Å². The summed E-state index contributed by atoms with van der Waals surface area (Å²) in [5.74, 6) is 0.440. The minimum atomic E-state index is -3.56. The van der Waals surface area contributed by atoms with Crippen molar-refractivity contribution in [3.63, 3.8) is 0 Å². The van der Waals surface area contributed by atoms with Gasteiger partial charge in [-0.25, -0.2) is 0 Å². The number of hydrogen-bond donors (Lipinski definition) is 1. The topological polar surface area (TPSA) is 81.7 Å². The smallest absolute Gasteiger partial charge is 0.264 e. The fourth-order valence-electron chi connectivity index (χ4n) is 3.28. The lowest BCUT2D eigenvalue weighted by Gasteiger charge is -2.16. The Morgan fingerprint density at radius 1 is 0.968 bits per heavy atom. The molecule has 0 bridgehead atoms. The number of ether oxygens (including phenoxy) is 1. The van der Waals surface area contributed by atoms with E-state index in [-0.39, 0.29) is 18.9 Å². The molecule has 0 heterocycles. The van der Waals surface area contributed by atoms with Crippen LogP contribution in [-0.2, 0) is 27.3 Å². The Balaban J connectivity index is 1.95. The van der Waals surface area contributed by atoms with Crippen LogP contribution in [-0.4, -0.2) is 34.3 Å². The van der Waals surface area contributed by atoms with E-state index in [4.69, 9.17) is 8.92 Å². The van der Waals surface area contributed by atoms with E-state index >= 15 is 0 Å². The maximum Gasteiger partial charge on any atom is 0.264 e. The third kappa shape index (κ3) is 6.41. The Hall–Kier alpha value is -3.16. The number of carbonyl (C=O) groups is 1. The van der Waals surface area contributed by atoms with Crippen molar-refractivity contribution in [2.24, 2.45) is 0 Å². The summed E-state index contributed by atoms with van der Waals surface area (Å²) >= 11 is 0. The van der Waals surface area contributed by atoms with Crippen LogP contribution in [0.1, 0.15) is 21.5 Å². The van der Waals surface area contributed by atoms with Gasteiger partial charge in [-0.3, -0.25) is 8.98 Å². The summed E-state index contributed by atoms with van der Waals surface area (Å²) in [6, 6.07) is 22.6. The van der Waals surface area contributed by atoms with E-state index in [2.05, 4.69) is 5.32 Å². The van der Waals surface area contributed by atoms with Crippen molar-refractivity contribution in [3.05, 3.63) is 89.5 Å². The van der Waals surface area contributed by atoms with Crippen LogP contribution in [0.25, 0.3) is 11.1 Å². The zero-order valence-electron chi connectivity index (χ0n) is 17.5. The van der Waals surface area contributed by atoms with Gasteiger partial charge in [0.2, 0.25) is 0 Å². The van der Waals surface area contributed by atoms with E-state index in [1.807, 2.05) is 72.8 Å². The summed E-state index contributed by atoms with van der Waals surface area (Å²) in [4.78, 5) is 13.2. The third-order valence-corrected chi connectivity index (χ3v) is 5.32. The summed E-state index contributed by atoms with van der Waals surface area (Å²) in [7, 11) is -1.97. The molecule has 0 unspecified atom stereocenters. The van der Waals surface area contributed by atoms with Gasteiger partial charge >= 0.3 is 0 Å². The van der Waals surface area contributed by atoms with Crippen LogP contribution >= 0.6 is 0 Å². The normalized spacial score (nSPS) is 11.2. The molecule has 0 aliphatic carbocycles. The van der Waals surface area contributed by atoms with Crippen molar-refractivity contribution in [1.82, 2.24) is 5.32 Å². The van der Waals surface area contributed by atoms with Gasteiger partial charge < -0.3 is 10.1 Å². The molecule has 1 N–H and O–H groups in total. The molecule has 0 aliphatic heterocycles. The fourth-order valence-corrected chi connectivity index (χ4v) is 3.66. The van der Waals surface area contributed by atoms with E-state index in [9.17, 15) is 13.2 Å². The van der Waals surface area contributed by atoms with Crippen LogP contribution in [0.5, 0.6) is 5.75 Å². The van der Waals surface area contributed by atoms with Gasteiger partial charge in [0.25, 0.3) is 16.0 Å². The molecule has 0 saturated heterocycles. The Labute approximate surface area is 183 Å². The first-order valence-electron chi connectivity index (χ1n) is 9.80. The monoisotopic (exact) mass is 439 g/mol. The molecule has 0 atom stereocenters. The zero-order chi connectivity index (χ0) is 22.3. The third-order valence-electron chi connectivity index (χ3n) is 4.72. The average Bonchev–Trinajstić information content (AvgIpc) is 2.77. The number of amides is 1. The number of nitrogens with one attached hydrogen (secondary N) is 1. The van der Waals surface area contributed by atoms with Gasteiger partial charge in [0.05, 0.1) is 25.5 Å². The molecule has 3 aromatic rings. The molecule has 7 heteroatoms. The molecule has 31 heavy (non-hydrogen) atoms. The highest BCUT2D eigenvalue weighted by Gasteiger charge is 2.18. The van der Waals surface area contributed by atoms with E-state index in [1.165, 1.54) is 0 Å². The lowest BCUT2D eigenvalue weighted by atomic mass is 9.93. The summed E-state index contributed by atoms with van der Waals surface area (Å²) in [6.45, 7) is 0.338. The molecular formula is C24H25NO5S. The summed E-state index contributed by atoms with van der Waals surface area (Å²) in [5, 5.41) is 2.97. The van der Waals surface area contributed by atoms with Gasteiger partial charge in [-0.1, -0.05) is 60.7 Å². The van der Waals surface area contributed by atoms with E-state index in [0.717, 1.165) is 22.9 Å². The Morgan fingerprint density at radius 3 is 2.42 bits per heavy atom. The maximum atomic E-state index is 13.2. The van der Waals surface area contributed by atoms with Gasteiger partial charge in [0.1, 0.15) is 5.75 Å². The first-order valence-corrected chi connectivity index (χ1v) is 11.6. The predicted molar refractivity (Wildman–Crippen MR) is 121 cm³/mol. The Morgan fingerprint density at radius 2 is 1.71 bits per heavy atom. The van der Waals surface area contributed by atoms with Crippen LogP contribution in [0.3, 0.4) is 0 Å². The minimum absolute atomic E-state index is 0.0423. The summed E-state index contributed by atoms with van der Waals surface area (Å²) in [6.07, 6.45) is 1.28.